The van der Waals surface area contributed by atoms with Gasteiger partial charge in [0.1, 0.15) is 28.3 Å². The summed E-state index contributed by atoms with van der Waals surface area (Å²) in [6.07, 6.45) is 6.58. The third-order valence-corrected chi connectivity index (χ3v) is 4.46. The lowest BCUT2D eigenvalue weighted by molar-refractivity contribution is -0.120. The lowest BCUT2D eigenvalue weighted by atomic mass is 10.2. The summed E-state index contributed by atoms with van der Waals surface area (Å²) in [5.74, 6) is 0.684. The number of carbonyl (C=O) groups is 1. The highest BCUT2D eigenvalue weighted by atomic mass is 32.1. The number of nitriles is 1. The maximum absolute atomic E-state index is 12.0. The standard InChI is InChI=1S/C17H16N6O2S/c18-8-11-6-13(24)16(22-9-11)17-23-12(10-26-17)7-15(25)21-3-1-2-14-19-4-5-20-14/h4-6,9-10,24H,1-3,7H2,(H,19,20)(H,21,25). The molecule has 3 aromatic heterocycles. The third-order valence-electron chi connectivity index (χ3n) is 3.56. The third kappa shape index (κ3) is 4.43. The van der Waals surface area contributed by atoms with Crippen molar-refractivity contribution in [3.63, 3.8) is 0 Å². The number of aromatic hydroxyl groups is 1. The van der Waals surface area contributed by atoms with Gasteiger partial charge in [-0.3, -0.25) is 4.79 Å². The number of imidazole rings is 1. The van der Waals surface area contributed by atoms with Crippen LogP contribution < -0.4 is 5.32 Å². The molecular formula is C17H16N6O2S. The van der Waals surface area contributed by atoms with Crippen molar-refractivity contribution in [3.8, 4) is 22.5 Å². The molecule has 3 rings (SSSR count). The zero-order chi connectivity index (χ0) is 18.4. The van der Waals surface area contributed by atoms with E-state index in [0.29, 0.717) is 22.9 Å². The predicted molar refractivity (Wildman–Crippen MR) is 95.3 cm³/mol. The van der Waals surface area contributed by atoms with Crippen LogP contribution in [0.25, 0.3) is 10.7 Å². The van der Waals surface area contributed by atoms with Crippen LogP contribution in [0.1, 0.15) is 23.5 Å². The van der Waals surface area contributed by atoms with Crippen molar-refractivity contribution in [3.05, 3.63) is 47.1 Å². The molecule has 1 amide bonds. The quantitative estimate of drug-likeness (QED) is 0.546. The summed E-state index contributed by atoms with van der Waals surface area (Å²) < 4.78 is 0. The number of hydrogen-bond donors (Lipinski definition) is 3. The molecule has 0 unspecified atom stereocenters. The van der Waals surface area contributed by atoms with E-state index in [9.17, 15) is 9.90 Å². The van der Waals surface area contributed by atoms with Crippen LogP contribution in [-0.4, -0.2) is 37.5 Å². The first kappa shape index (κ1) is 17.6. The van der Waals surface area contributed by atoms with Gasteiger partial charge in [-0.1, -0.05) is 0 Å². The average molecular weight is 368 g/mol. The van der Waals surface area contributed by atoms with Gasteiger partial charge in [-0.25, -0.2) is 15.0 Å². The fourth-order valence-electron chi connectivity index (χ4n) is 2.32. The van der Waals surface area contributed by atoms with Crippen LogP contribution in [-0.2, 0) is 17.6 Å². The molecule has 26 heavy (non-hydrogen) atoms. The Hall–Kier alpha value is -3.25. The number of thiazole rings is 1. The first-order chi connectivity index (χ1) is 12.7. The van der Waals surface area contributed by atoms with Crippen LogP contribution in [0.5, 0.6) is 5.75 Å². The normalized spacial score (nSPS) is 10.4. The van der Waals surface area contributed by atoms with Crippen LogP contribution in [0.4, 0.5) is 0 Å². The SMILES string of the molecule is N#Cc1cnc(-c2nc(CC(=O)NCCCc3ncc[nH]3)cs2)c(O)c1. The van der Waals surface area contributed by atoms with Gasteiger partial charge in [0.25, 0.3) is 0 Å². The van der Waals surface area contributed by atoms with Gasteiger partial charge in [0.2, 0.25) is 5.91 Å². The van der Waals surface area contributed by atoms with Gasteiger partial charge in [0.15, 0.2) is 0 Å². The first-order valence-electron chi connectivity index (χ1n) is 7.94. The Labute approximate surface area is 153 Å². The zero-order valence-corrected chi connectivity index (χ0v) is 14.6. The van der Waals surface area contributed by atoms with Crippen molar-refractivity contribution in [2.24, 2.45) is 0 Å². The van der Waals surface area contributed by atoms with Crippen LogP contribution >= 0.6 is 11.3 Å². The molecule has 0 bridgehead atoms. The summed E-state index contributed by atoms with van der Waals surface area (Å²) in [5, 5.41) is 23.9. The van der Waals surface area contributed by atoms with E-state index in [2.05, 4.69) is 25.3 Å². The number of carbonyl (C=O) groups excluding carboxylic acids is 1. The Bertz CT molecular complexity index is 929. The Kier molecular flexibility index (Phi) is 5.56. The van der Waals surface area contributed by atoms with Crippen LogP contribution in [0.2, 0.25) is 0 Å². The van der Waals surface area contributed by atoms with Crippen molar-refractivity contribution < 1.29 is 9.90 Å². The van der Waals surface area contributed by atoms with Gasteiger partial charge in [-0.15, -0.1) is 11.3 Å². The number of aromatic amines is 1. The molecular weight excluding hydrogens is 352 g/mol. The average Bonchev–Trinajstić information content (AvgIpc) is 3.30. The second-order valence-electron chi connectivity index (χ2n) is 5.51. The van der Waals surface area contributed by atoms with Gasteiger partial charge in [0, 0.05) is 43.0 Å². The largest absolute Gasteiger partial charge is 0.506 e. The molecule has 0 aliphatic carbocycles. The molecule has 3 N–H and O–H groups in total. The van der Waals surface area contributed by atoms with Gasteiger partial charge in [-0.2, -0.15) is 5.26 Å². The van der Waals surface area contributed by atoms with E-state index in [-0.39, 0.29) is 23.6 Å². The summed E-state index contributed by atoms with van der Waals surface area (Å²) in [6.45, 7) is 0.564. The van der Waals surface area contributed by atoms with E-state index in [1.807, 2.05) is 6.07 Å². The maximum atomic E-state index is 12.0. The monoisotopic (exact) mass is 368 g/mol. The molecule has 0 saturated heterocycles. The molecule has 8 nitrogen and oxygen atoms in total. The number of H-pyrrole nitrogens is 1. The molecule has 9 heteroatoms. The Balaban J connectivity index is 1.51. The van der Waals surface area contributed by atoms with Gasteiger partial charge >= 0.3 is 0 Å². The summed E-state index contributed by atoms with van der Waals surface area (Å²) in [6, 6.07) is 3.26. The molecule has 0 aliphatic heterocycles. The minimum absolute atomic E-state index is 0.104. The molecule has 0 saturated carbocycles. The van der Waals surface area contributed by atoms with E-state index in [1.165, 1.54) is 23.6 Å². The second kappa shape index (κ2) is 8.22. The number of hydrogen-bond acceptors (Lipinski definition) is 7. The van der Waals surface area contributed by atoms with Crippen molar-refractivity contribution >= 4 is 17.2 Å². The summed E-state index contributed by atoms with van der Waals surface area (Å²) >= 11 is 1.29. The minimum atomic E-state index is -0.113. The van der Waals surface area contributed by atoms with Crippen molar-refractivity contribution in [1.82, 2.24) is 25.3 Å². The number of pyridine rings is 1. The summed E-state index contributed by atoms with van der Waals surface area (Å²) in [4.78, 5) is 27.6. The van der Waals surface area contributed by atoms with Crippen LogP contribution in [0, 0.1) is 11.3 Å². The molecule has 3 aromatic rings. The molecule has 0 aromatic carbocycles. The van der Waals surface area contributed by atoms with E-state index >= 15 is 0 Å². The highest BCUT2D eigenvalue weighted by molar-refractivity contribution is 7.13. The molecule has 0 fully saturated rings. The first-order valence-corrected chi connectivity index (χ1v) is 8.82. The van der Waals surface area contributed by atoms with Crippen LogP contribution in [0.15, 0.2) is 30.0 Å². The Morgan fingerprint density at radius 3 is 3.04 bits per heavy atom. The fourth-order valence-corrected chi connectivity index (χ4v) is 3.14. The highest BCUT2D eigenvalue weighted by Crippen LogP contribution is 2.30. The van der Waals surface area contributed by atoms with Crippen molar-refractivity contribution in [2.45, 2.75) is 19.3 Å². The highest BCUT2D eigenvalue weighted by Gasteiger charge is 2.13. The molecule has 3 heterocycles. The smallest absolute Gasteiger partial charge is 0.226 e. The molecule has 0 aliphatic rings. The fraction of sp³-hybridized carbons (Fsp3) is 0.235. The predicted octanol–water partition coefficient (Wildman–Crippen LogP) is 1.80. The molecule has 132 valence electrons. The van der Waals surface area contributed by atoms with E-state index < -0.39 is 0 Å². The Morgan fingerprint density at radius 1 is 1.42 bits per heavy atom. The van der Waals surface area contributed by atoms with E-state index in [0.717, 1.165) is 18.7 Å². The Morgan fingerprint density at radius 2 is 2.31 bits per heavy atom. The molecule has 0 radical (unpaired) electrons. The number of nitrogens with one attached hydrogen (secondary N) is 2. The number of aryl methyl sites for hydroxylation is 1. The number of aromatic nitrogens is 4. The maximum Gasteiger partial charge on any atom is 0.226 e. The van der Waals surface area contributed by atoms with Crippen molar-refractivity contribution in [1.29, 1.82) is 5.26 Å². The zero-order valence-electron chi connectivity index (χ0n) is 13.8. The van der Waals surface area contributed by atoms with Gasteiger partial charge in [-0.05, 0) is 6.42 Å². The van der Waals surface area contributed by atoms with E-state index in [1.54, 1.807) is 17.8 Å². The topological polar surface area (TPSA) is 128 Å². The number of nitrogens with zero attached hydrogens (tertiary/aromatic N) is 4. The van der Waals surface area contributed by atoms with Gasteiger partial charge < -0.3 is 15.4 Å². The van der Waals surface area contributed by atoms with Gasteiger partial charge in [0.05, 0.1) is 17.7 Å². The molecule has 0 spiro atoms. The molecule has 0 atom stereocenters. The second-order valence-corrected chi connectivity index (χ2v) is 6.37. The minimum Gasteiger partial charge on any atom is -0.506 e. The summed E-state index contributed by atoms with van der Waals surface area (Å²) in [7, 11) is 0. The van der Waals surface area contributed by atoms with E-state index in [4.69, 9.17) is 5.26 Å². The lowest BCUT2D eigenvalue weighted by Crippen LogP contribution is -2.26. The van der Waals surface area contributed by atoms with Crippen molar-refractivity contribution in [2.75, 3.05) is 6.54 Å². The number of rotatable bonds is 7. The lowest BCUT2D eigenvalue weighted by Gasteiger charge is -2.03. The van der Waals surface area contributed by atoms with Crippen LogP contribution in [0.3, 0.4) is 0 Å². The summed E-state index contributed by atoms with van der Waals surface area (Å²) in [5.41, 5.74) is 1.19. The number of amides is 1.